The Balaban J connectivity index is 1.90. The van der Waals surface area contributed by atoms with Gasteiger partial charge in [-0.1, -0.05) is 6.07 Å². The molecule has 2 N–H and O–H groups in total. The zero-order chi connectivity index (χ0) is 14.5. The van der Waals surface area contributed by atoms with Crippen LogP contribution in [0.15, 0.2) is 35.7 Å². The van der Waals surface area contributed by atoms with Crippen LogP contribution in [0.2, 0.25) is 0 Å². The summed E-state index contributed by atoms with van der Waals surface area (Å²) in [7, 11) is 1.88. The number of aromatic hydroxyl groups is 2. The van der Waals surface area contributed by atoms with E-state index in [0.717, 1.165) is 13.0 Å². The Morgan fingerprint density at radius 1 is 1.30 bits per heavy atom. The molecule has 0 aliphatic rings. The Bertz CT molecular complexity index is 581. The third-order valence-electron chi connectivity index (χ3n) is 3.02. The van der Waals surface area contributed by atoms with Gasteiger partial charge in [0.1, 0.15) is 11.5 Å². The van der Waals surface area contributed by atoms with Crippen molar-refractivity contribution in [2.24, 2.45) is 0 Å². The number of likely N-dealkylation sites (N-methyl/N-ethyl adjacent to an activating group) is 1. The van der Waals surface area contributed by atoms with Crippen LogP contribution in [0, 0.1) is 0 Å². The summed E-state index contributed by atoms with van der Waals surface area (Å²) in [5, 5.41) is 20.9. The van der Waals surface area contributed by atoms with Crippen molar-refractivity contribution in [1.82, 2.24) is 4.90 Å². The fraction of sp³-hybridized carbons (Fsp3) is 0.267. The molecule has 20 heavy (non-hydrogen) atoms. The fourth-order valence-corrected chi connectivity index (χ4v) is 2.62. The largest absolute Gasteiger partial charge is 0.508 e. The van der Waals surface area contributed by atoms with Crippen molar-refractivity contribution in [1.29, 1.82) is 0 Å². The number of nitrogens with zero attached hydrogens (tertiary/aromatic N) is 1. The molecule has 0 unspecified atom stereocenters. The molecule has 0 aliphatic heterocycles. The first-order valence-electron chi connectivity index (χ1n) is 6.32. The van der Waals surface area contributed by atoms with Crippen molar-refractivity contribution in [2.45, 2.75) is 6.42 Å². The van der Waals surface area contributed by atoms with Crippen LogP contribution >= 0.6 is 11.3 Å². The van der Waals surface area contributed by atoms with Gasteiger partial charge in [0.2, 0.25) is 0 Å². The molecule has 1 aromatic carbocycles. The van der Waals surface area contributed by atoms with Gasteiger partial charge in [0.05, 0.1) is 12.1 Å². The molecule has 5 heteroatoms. The topological polar surface area (TPSA) is 60.8 Å². The van der Waals surface area contributed by atoms with Crippen molar-refractivity contribution < 1.29 is 15.0 Å². The standard InChI is InChI=1S/C15H17NO3S/c1-16(7-6-12-3-2-8-20-12)10-15(19)13-5-4-11(17)9-14(13)18/h2-5,8-9,17-18H,6-7,10H2,1H3. The monoisotopic (exact) mass is 291 g/mol. The molecule has 0 amide bonds. The first-order chi connectivity index (χ1) is 9.56. The molecule has 0 saturated carbocycles. The molecule has 4 nitrogen and oxygen atoms in total. The lowest BCUT2D eigenvalue weighted by Crippen LogP contribution is -2.27. The third-order valence-corrected chi connectivity index (χ3v) is 3.95. The van der Waals surface area contributed by atoms with Gasteiger partial charge in [-0.2, -0.15) is 0 Å². The molecule has 0 saturated heterocycles. The summed E-state index contributed by atoms with van der Waals surface area (Å²) in [4.78, 5) is 15.3. The number of benzene rings is 1. The highest BCUT2D eigenvalue weighted by molar-refractivity contribution is 7.09. The van der Waals surface area contributed by atoms with Gasteiger partial charge in [-0.3, -0.25) is 9.69 Å². The van der Waals surface area contributed by atoms with E-state index < -0.39 is 0 Å². The van der Waals surface area contributed by atoms with Crippen molar-refractivity contribution in [3.8, 4) is 11.5 Å². The molecule has 0 aliphatic carbocycles. The molecule has 106 valence electrons. The number of hydrogen-bond donors (Lipinski definition) is 2. The molecule has 1 aromatic heterocycles. The lowest BCUT2D eigenvalue weighted by molar-refractivity contribution is 0.0944. The molecule has 0 atom stereocenters. The molecule has 0 fully saturated rings. The predicted octanol–water partition coefficient (Wildman–Crippen LogP) is 2.52. The smallest absolute Gasteiger partial charge is 0.180 e. The van der Waals surface area contributed by atoms with Gasteiger partial charge in [-0.15, -0.1) is 11.3 Å². The second-order valence-electron chi connectivity index (χ2n) is 4.69. The maximum absolute atomic E-state index is 12.1. The summed E-state index contributed by atoms with van der Waals surface area (Å²) in [5.74, 6) is -0.386. The van der Waals surface area contributed by atoms with E-state index in [1.54, 1.807) is 11.3 Å². The van der Waals surface area contributed by atoms with E-state index >= 15 is 0 Å². The highest BCUT2D eigenvalue weighted by Crippen LogP contribution is 2.23. The summed E-state index contributed by atoms with van der Waals surface area (Å²) in [5.41, 5.74) is 0.241. The normalized spacial score (nSPS) is 10.9. The van der Waals surface area contributed by atoms with Crippen LogP contribution in [-0.2, 0) is 6.42 Å². The van der Waals surface area contributed by atoms with Crippen molar-refractivity contribution in [3.05, 3.63) is 46.2 Å². The molecular weight excluding hydrogens is 274 g/mol. The van der Waals surface area contributed by atoms with Crippen LogP contribution in [0.3, 0.4) is 0 Å². The van der Waals surface area contributed by atoms with Gasteiger partial charge < -0.3 is 10.2 Å². The van der Waals surface area contributed by atoms with Crippen molar-refractivity contribution >= 4 is 17.1 Å². The maximum Gasteiger partial charge on any atom is 0.180 e. The van der Waals surface area contributed by atoms with Crippen LogP contribution in [0.5, 0.6) is 11.5 Å². The van der Waals surface area contributed by atoms with Crippen molar-refractivity contribution in [2.75, 3.05) is 20.1 Å². The molecule has 2 aromatic rings. The molecule has 2 rings (SSSR count). The summed E-state index contributed by atoms with van der Waals surface area (Å²) in [6.07, 6.45) is 0.906. The number of phenolic OH excluding ortho intramolecular Hbond substituents is 2. The average Bonchev–Trinajstić information content (AvgIpc) is 2.89. The number of phenols is 2. The number of carbonyl (C=O) groups is 1. The number of Topliss-reactive ketones (excluding diaryl/α,β-unsaturated/α-hetero) is 1. The molecule has 0 spiro atoms. The number of carbonyl (C=O) groups excluding carboxylic acids is 1. The fourth-order valence-electron chi connectivity index (χ4n) is 1.92. The van der Waals surface area contributed by atoms with Gasteiger partial charge in [0.15, 0.2) is 5.78 Å². The Hall–Kier alpha value is -1.85. The molecule has 1 heterocycles. The maximum atomic E-state index is 12.1. The number of hydrogen-bond acceptors (Lipinski definition) is 5. The zero-order valence-corrected chi connectivity index (χ0v) is 12.1. The Morgan fingerprint density at radius 2 is 2.10 bits per heavy atom. The third kappa shape index (κ3) is 3.82. The van der Waals surface area contributed by atoms with Gasteiger partial charge >= 0.3 is 0 Å². The minimum atomic E-state index is -0.179. The van der Waals surface area contributed by atoms with Crippen LogP contribution in [0.25, 0.3) is 0 Å². The summed E-state index contributed by atoms with van der Waals surface area (Å²) in [6, 6.07) is 8.11. The van der Waals surface area contributed by atoms with Gasteiger partial charge in [0, 0.05) is 17.5 Å². The van der Waals surface area contributed by atoms with Gasteiger partial charge in [-0.05, 0) is 37.0 Å². The van der Waals surface area contributed by atoms with Crippen LogP contribution in [0.4, 0.5) is 0 Å². The van der Waals surface area contributed by atoms with E-state index in [0.29, 0.717) is 0 Å². The van der Waals surface area contributed by atoms with E-state index in [2.05, 4.69) is 6.07 Å². The second kappa shape index (κ2) is 6.54. The SMILES string of the molecule is CN(CCc1cccs1)CC(=O)c1ccc(O)cc1O. The number of thiophene rings is 1. The zero-order valence-electron chi connectivity index (χ0n) is 11.2. The van der Waals surface area contributed by atoms with Crippen LogP contribution < -0.4 is 0 Å². The van der Waals surface area contributed by atoms with E-state index in [4.69, 9.17) is 0 Å². The quantitative estimate of drug-likeness (QED) is 0.803. The van der Waals surface area contributed by atoms with E-state index in [1.165, 1.54) is 23.1 Å². The van der Waals surface area contributed by atoms with E-state index in [-0.39, 0.29) is 29.4 Å². The minimum absolute atomic E-state index is 0.0508. The number of rotatable bonds is 6. The van der Waals surface area contributed by atoms with Crippen LogP contribution in [0.1, 0.15) is 15.2 Å². The van der Waals surface area contributed by atoms with E-state index in [1.807, 2.05) is 23.4 Å². The summed E-state index contributed by atoms with van der Waals surface area (Å²) in [6.45, 7) is 1.02. The molecular formula is C15H17NO3S. The Morgan fingerprint density at radius 3 is 2.75 bits per heavy atom. The predicted molar refractivity (Wildman–Crippen MR) is 79.6 cm³/mol. The Kier molecular flexibility index (Phi) is 4.76. The van der Waals surface area contributed by atoms with Crippen molar-refractivity contribution in [3.63, 3.8) is 0 Å². The number of ketones is 1. The van der Waals surface area contributed by atoms with Gasteiger partial charge in [-0.25, -0.2) is 0 Å². The average molecular weight is 291 g/mol. The van der Waals surface area contributed by atoms with Crippen LogP contribution in [-0.4, -0.2) is 41.0 Å². The van der Waals surface area contributed by atoms with Gasteiger partial charge in [0.25, 0.3) is 0 Å². The van der Waals surface area contributed by atoms with E-state index in [9.17, 15) is 15.0 Å². The Labute approximate surface area is 121 Å². The highest BCUT2D eigenvalue weighted by atomic mass is 32.1. The minimum Gasteiger partial charge on any atom is -0.508 e. The summed E-state index contributed by atoms with van der Waals surface area (Å²) < 4.78 is 0. The lowest BCUT2D eigenvalue weighted by atomic mass is 10.1. The first-order valence-corrected chi connectivity index (χ1v) is 7.20. The summed E-state index contributed by atoms with van der Waals surface area (Å²) >= 11 is 1.70. The highest BCUT2D eigenvalue weighted by Gasteiger charge is 2.14. The molecule has 0 bridgehead atoms. The lowest BCUT2D eigenvalue weighted by Gasteiger charge is -2.15. The molecule has 0 radical (unpaired) electrons. The second-order valence-corrected chi connectivity index (χ2v) is 5.72. The first kappa shape index (κ1) is 14.6.